The van der Waals surface area contributed by atoms with Crippen molar-refractivity contribution < 1.29 is 13.6 Å². The van der Waals surface area contributed by atoms with Crippen molar-refractivity contribution in [3.8, 4) is 0 Å². The van der Waals surface area contributed by atoms with Crippen LogP contribution in [0, 0.1) is 30.4 Å². The van der Waals surface area contributed by atoms with Crippen LogP contribution in [0.1, 0.15) is 17.7 Å². The Morgan fingerprint density at radius 2 is 1.86 bits per heavy atom. The number of fused-ring (bicyclic) bond motifs is 1. The second kappa shape index (κ2) is 7.33. The molecular formula is C20H22F2N4O2. The number of amides is 1. The Balaban J connectivity index is 1.34. The highest BCUT2D eigenvalue weighted by atomic mass is 19.1. The van der Waals surface area contributed by atoms with Crippen LogP contribution in [-0.2, 0) is 11.2 Å². The average molecular weight is 388 g/mol. The number of halogens is 2. The molecule has 8 heteroatoms. The summed E-state index contributed by atoms with van der Waals surface area (Å²) in [5, 5.41) is 0. The first-order valence-electron chi connectivity index (χ1n) is 9.45. The molecule has 2 saturated heterocycles. The molecule has 4 rings (SSSR count). The number of H-pyrrole nitrogens is 1. The van der Waals surface area contributed by atoms with Gasteiger partial charge in [0.05, 0.1) is 5.69 Å². The summed E-state index contributed by atoms with van der Waals surface area (Å²) < 4.78 is 27.2. The predicted molar refractivity (Wildman–Crippen MR) is 100 cm³/mol. The van der Waals surface area contributed by atoms with Gasteiger partial charge in [0.25, 0.3) is 5.56 Å². The third-order valence-corrected chi connectivity index (χ3v) is 5.72. The molecule has 0 radical (unpaired) electrons. The highest BCUT2D eigenvalue weighted by Crippen LogP contribution is 2.33. The van der Waals surface area contributed by atoms with Gasteiger partial charge in [0.15, 0.2) is 0 Å². The van der Waals surface area contributed by atoms with E-state index in [0.29, 0.717) is 44.1 Å². The summed E-state index contributed by atoms with van der Waals surface area (Å²) in [4.78, 5) is 34.6. The molecule has 0 saturated carbocycles. The molecule has 2 aliphatic rings. The van der Waals surface area contributed by atoms with Crippen molar-refractivity contribution in [3.05, 3.63) is 57.5 Å². The Morgan fingerprint density at radius 1 is 1.18 bits per heavy atom. The van der Waals surface area contributed by atoms with Gasteiger partial charge >= 0.3 is 0 Å². The van der Waals surface area contributed by atoms with Crippen LogP contribution in [0.15, 0.2) is 29.1 Å². The van der Waals surface area contributed by atoms with Crippen LogP contribution < -0.4 is 10.5 Å². The van der Waals surface area contributed by atoms with Crippen LogP contribution in [0.25, 0.3) is 0 Å². The van der Waals surface area contributed by atoms with E-state index >= 15 is 0 Å². The summed E-state index contributed by atoms with van der Waals surface area (Å²) in [5.74, 6) is -0.139. The van der Waals surface area contributed by atoms with E-state index in [0.717, 1.165) is 0 Å². The fourth-order valence-electron chi connectivity index (χ4n) is 4.18. The van der Waals surface area contributed by atoms with Crippen LogP contribution >= 0.6 is 0 Å². The molecule has 0 aliphatic carbocycles. The first-order chi connectivity index (χ1) is 13.4. The molecule has 0 bridgehead atoms. The molecule has 1 N–H and O–H groups in total. The van der Waals surface area contributed by atoms with Gasteiger partial charge in [-0.1, -0.05) is 18.2 Å². The predicted octanol–water partition coefficient (Wildman–Crippen LogP) is 1.88. The maximum absolute atomic E-state index is 13.7. The molecule has 2 aliphatic heterocycles. The molecule has 2 unspecified atom stereocenters. The maximum Gasteiger partial charge on any atom is 0.288 e. The number of aromatic nitrogens is 2. The molecule has 2 fully saturated rings. The summed E-state index contributed by atoms with van der Waals surface area (Å²) in [6.07, 6.45) is 0.680. The molecule has 0 spiro atoms. The van der Waals surface area contributed by atoms with Crippen LogP contribution in [0.4, 0.5) is 14.7 Å². The zero-order valence-corrected chi connectivity index (χ0v) is 15.6. The van der Waals surface area contributed by atoms with E-state index in [1.165, 1.54) is 13.0 Å². The van der Waals surface area contributed by atoms with E-state index in [1.54, 1.807) is 18.2 Å². The molecule has 148 valence electrons. The molecule has 28 heavy (non-hydrogen) atoms. The third kappa shape index (κ3) is 3.50. The Kier molecular flexibility index (Phi) is 4.87. The lowest BCUT2D eigenvalue weighted by Crippen LogP contribution is -2.34. The van der Waals surface area contributed by atoms with E-state index in [2.05, 4.69) is 9.97 Å². The van der Waals surface area contributed by atoms with Crippen molar-refractivity contribution in [3.63, 3.8) is 0 Å². The van der Waals surface area contributed by atoms with Gasteiger partial charge in [-0.25, -0.2) is 9.37 Å². The molecule has 1 aromatic carbocycles. The number of hydrogen-bond donors (Lipinski definition) is 1. The normalized spacial score (nSPS) is 21.2. The molecule has 2 aromatic rings. The lowest BCUT2D eigenvalue weighted by Gasteiger charge is -2.22. The SMILES string of the molecule is Cc1nc(N2CC3CN(C(=O)CCc4ccccc4F)CC3C2)[nH]c(=O)c1F. The van der Waals surface area contributed by atoms with E-state index < -0.39 is 11.4 Å². The number of likely N-dealkylation sites (tertiary alicyclic amines) is 1. The van der Waals surface area contributed by atoms with Crippen molar-refractivity contribution in [1.82, 2.24) is 14.9 Å². The summed E-state index contributed by atoms with van der Waals surface area (Å²) in [7, 11) is 0. The van der Waals surface area contributed by atoms with Crippen LogP contribution in [0.3, 0.4) is 0 Å². The number of benzene rings is 1. The number of rotatable bonds is 4. The highest BCUT2D eigenvalue weighted by Gasteiger charge is 2.42. The van der Waals surface area contributed by atoms with Crippen molar-refractivity contribution >= 4 is 11.9 Å². The second-order valence-electron chi connectivity index (χ2n) is 7.60. The van der Waals surface area contributed by atoms with Crippen molar-refractivity contribution in [2.45, 2.75) is 19.8 Å². The number of aryl methyl sites for hydroxylation is 2. The van der Waals surface area contributed by atoms with Gasteiger partial charge in [-0.3, -0.25) is 14.6 Å². The van der Waals surface area contributed by atoms with Gasteiger partial charge in [0, 0.05) is 44.4 Å². The zero-order chi connectivity index (χ0) is 19.8. The molecular weight excluding hydrogens is 366 g/mol. The fraction of sp³-hybridized carbons (Fsp3) is 0.450. The Labute approximate surface area is 161 Å². The molecule has 2 atom stereocenters. The first-order valence-corrected chi connectivity index (χ1v) is 9.45. The van der Waals surface area contributed by atoms with E-state index in [-0.39, 0.29) is 35.7 Å². The van der Waals surface area contributed by atoms with Gasteiger partial charge in [0.2, 0.25) is 17.7 Å². The monoisotopic (exact) mass is 388 g/mol. The minimum absolute atomic E-state index is 0.0355. The molecule has 3 heterocycles. The quantitative estimate of drug-likeness (QED) is 0.869. The van der Waals surface area contributed by atoms with Crippen molar-refractivity contribution in [2.75, 3.05) is 31.1 Å². The maximum atomic E-state index is 13.7. The lowest BCUT2D eigenvalue weighted by molar-refractivity contribution is -0.130. The van der Waals surface area contributed by atoms with E-state index in [1.807, 2.05) is 9.80 Å². The largest absolute Gasteiger partial charge is 0.342 e. The van der Waals surface area contributed by atoms with Crippen molar-refractivity contribution in [1.29, 1.82) is 0 Å². The molecule has 6 nitrogen and oxygen atoms in total. The Bertz CT molecular complexity index is 947. The van der Waals surface area contributed by atoms with Gasteiger partial charge in [0.1, 0.15) is 5.82 Å². The smallest absolute Gasteiger partial charge is 0.288 e. The zero-order valence-electron chi connectivity index (χ0n) is 15.6. The Hall–Kier alpha value is -2.77. The topological polar surface area (TPSA) is 69.3 Å². The number of carbonyl (C=O) groups excluding carboxylic acids is 1. The second-order valence-corrected chi connectivity index (χ2v) is 7.60. The number of carbonyl (C=O) groups is 1. The summed E-state index contributed by atoms with van der Waals surface area (Å²) in [6, 6.07) is 6.52. The van der Waals surface area contributed by atoms with Crippen LogP contribution in [-0.4, -0.2) is 47.0 Å². The number of nitrogens with zero attached hydrogens (tertiary/aromatic N) is 3. The minimum Gasteiger partial charge on any atom is -0.342 e. The van der Waals surface area contributed by atoms with Gasteiger partial charge in [-0.15, -0.1) is 0 Å². The lowest BCUT2D eigenvalue weighted by atomic mass is 10.0. The average Bonchev–Trinajstić information content (AvgIpc) is 3.24. The summed E-state index contributed by atoms with van der Waals surface area (Å²) >= 11 is 0. The minimum atomic E-state index is -0.852. The standard InChI is InChI=1S/C20H22F2N4O2/c1-12-18(22)19(28)24-20(23-12)26-10-14-8-25(9-15(14)11-26)17(27)7-6-13-4-2-3-5-16(13)21/h2-5,14-15H,6-11H2,1H3,(H,23,24,28). The highest BCUT2D eigenvalue weighted by molar-refractivity contribution is 5.77. The van der Waals surface area contributed by atoms with Gasteiger partial charge in [-0.2, -0.15) is 4.39 Å². The number of hydrogen-bond acceptors (Lipinski definition) is 4. The number of aromatic amines is 1. The molecule has 1 amide bonds. The number of anilines is 1. The molecule has 1 aromatic heterocycles. The van der Waals surface area contributed by atoms with Gasteiger partial charge in [-0.05, 0) is 25.0 Å². The summed E-state index contributed by atoms with van der Waals surface area (Å²) in [6.45, 7) is 4.08. The van der Waals surface area contributed by atoms with Gasteiger partial charge < -0.3 is 9.80 Å². The van der Waals surface area contributed by atoms with Crippen LogP contribution in [0.2, 0.25) is 0 Å². The summed E-state index contributed by atoms with van der Waals surface area (Å²) in [5.41, 5.74) is -0.117. The first kappa shape index (κ1) is 18.6. The van der Waals surface area contributed by atoms with Crippen LogP contribution in [0.5, 0.6) is 0 Å². The van der Waals surface area contributed by atoms with Crippen molar-refractivity contribution in [2.24, 2.45) is 11.8 Å². The third-order valence-electron chi connectivity index (χ3n) is 5.72. The number of nitrogens with one attached hydrogen (secondary N) is 1. The van der Waals surface area contributed by atoms with E-state index in [4.69, 9.17) is 0 Å². The fourth-order valence-corrected chi connectivity index (χ4v) is 4.18. The Morgan fingerprint density at radius 3 is 2.50 bits per heavy atom. The van der Waals surface area contributed by atoms with E-state index in [9.17, 15) is 18.4 Å².